The number of benzene rings is 1. The lowest BCUT2D eigenvalue weighted by atomic mass is 10.1. The van der Waals surface area contributed by atoms with Crippen LogP contribution >= 0.6 is 11.6 Å². The number of halogens is 2. The lowest BCUT2D eigenvalue weighted by Gasteiger charge is -2.31. The van der Waals surface area contributed by atoms with Gasteiger partial charge in [-0.15, -0.1) is 0 Å². The van der Waals surface area contributed by atoms with Crippen molar-refractivity contribution in [2.24, 2.45) is 0 Å². The van der Waals surface area contributed by atoms with E-state index in [4.69, 9.17) is 16.7 Å². The maximum atomic E-state index is 13.1. The summed E-state index contributed by atoms with van der Waals surface area (Å²) in [7, 11) is 1.34. The van der Waals surface area contributed by atoms with Crippen molar-refractivity contribution in [2.45, 2.75) is 19.4 Å². The van der Waals surface area contributed by atoms with E-state index in [2.05, 4.69) is 5.32 Å². The standard InChI is InChI=1S/C12H14ClFN2O3/c1-12(2,10(17)18)16(3)11(19)15-9-5-7(13)4-8(14)6-9/h4-6H,1-3H3,(H,15,19)(H,17,18). The minimum atomic E-state index is -1.39. The summed E-state index contributed by atoms with van der Waals surface area (Å²) in [6, 6.07) is 2.88. The number of carbonyl (C=O) groups excluding carboxylic acids is 1. The second-order valence-corrected chi connectivity index (χ2v) is 4.95. The van der Waals surface area contributed by atoms with Crippen molar-refractivity contribution in [3.8, 4) is 0 Å². The van der Waals surface area contributed by atoms with Crippen LogP contribution in [0.25, 0.3) is 0 Å². The molecule has 5 nitrogen and oxygen atoms in total. The van der Waals surface area contributed by atoms with Gasteiger partial charge in [-0.25, -0.2) is 14.0 Å². The van der Waals surface area contributed by atoms with Crippen LogP contribution in [0.15, 0.2) is 18.2 Å². The lowest BCUT2D eigenvalue weighted by molar-refractivity contribution is -0.146. The molecule has 1 aromatic carbocycles. The third-order valence-corrected chi connectivity index (χ3v) is 3.00. The van der Waals surface area contributed by atoms with Gasteiger partial charge in [0.1, 0.15) is 11.4 Å². The summed E-state index contributed by atoms with van der Waals surface area (Å²) in [5.74, 6) is -1.75. The molecule has 7 heteroatoms. The Balaban J connectivity index is 2.88. The van der Waals surface area contributed by atoms with Crippen LogP contribution in [0.3, 0.4) is 0 Å². The average molecular weight is 289 g/mol. The number of rotatable bonds is 3. The zero-order valence-electron chi connectivity index (χ0n) is 10.7. The number of likely N-dealkylation sites (N-methyl/N-ethyl adjacent to an activating group) is 1. The van der Waals surface area contributed by atoms with E-state index < -0.39 is 23.4 Å². The normalized spacial score (nSPS) is 11.0. The van der Waals surface area contributed by atoms with Gasteiger partial charge in [0, 0.05) is 17.8 Å². The van der Waals surface area contributed by atoms with Crippen LogP contribution in [-0.4, -0.2) is 34.6 Å². The van der Waals surface area contributed by atoms with E-state index in [0.717, 1.165) is 17.0 Å². The number of anilines is 1. The second-order valence-electron chi connectivity index (χ2n) is 4.51. The van der Waals surface area contributed by atoms with Crippen LogP contribution in [0.1, 0.15) is 13.8 Å². The predicted octanol–water partition coefficient (Wildman–Crippen LogP) is 2.81. The molecule has 0 heterocycles. The van der Waals surface area contributed by atoms with Crippen LogP contribution in [0.5, 0.6) is 0 Å². The lowest BCUT2D eigenvalue weighted by Crippen LogP contribution is -2.52. The molecule has 0 aliphatic heterocycles. The fourth-order valence-corrected chi connectivity index (χ4v) is 1.45. The molecule has 0 atom stereocenters. The number of carboxylic acid groups (broad SMARTS) is 1. The number of carbonyl (C=O) groups is 2. The first-order valence-electron chi connectivity index (χ1n) is 5.39. The second kappa shape index (κ2) is 5.44. The highest BCUT2D eigenvalue weighted by atomic mass is 35.5. The first-order valence-corrected chi connectivity index (χ1v) is 5.76. The molecule has 2 N–H and O–H groups in total. The zero-order chi connectivity index (χ0) is 14.8. The number of hydrogen-bond donors (Lipinski definition) is 2. The van der Waals surface area contributed by atoms with Crippen molar-refractivity contribution >= 4 is 29.3 Å². The molecule has 0 aliphatic carbocycles. The quantitative estimate of drug-likeness (QED) is 0.898. The van der Waals surface area contributed by atoms with Gasteiger partial charge in [0.2, 0.25) is 0 Å². The fourth-order valence-electron chi connectivity index (χ4n) is 1.23. The van der Waals surface area contributed by atoms with Crippen molar-refractivity contribution in [1.29, 1.82) is 0 Å². The van der Waals surface area contributed by atoms with E-state index in [1.807, 2.05) is 0 Å². The Labute approximate surface area is 115 Å². The topological polar surface area (TPSA) is 69.6 Å². The minimum absolute atomic E-state index is 0.135. The fraction of sp³-hybridized carbons (Fsp3) is 0.333. The smallest absolute Gasteiger partial charge is 0.329 e. The van der Waals surface area contributed by atoms with Gasteiger partial charge in [-0.3, -0.25) is 0 Å². The van der Waals surface area contributed by atoms with Crippen molar-refractivity contribution in [2.75, 3.05) is 12.4 Å². The van der Waals surface area contributed by atoms with E-state index >= 15 is 0 Å². The van der Waals surface area contributed by atoms with Crippen LogP contribution in [0.4, 0.5) is 14.9 Å². The Kier molecular flexibility index (Phi) is 4.36. The van der Waals surface area contributed by atoms with Crippen LogP contribution in [0.2, 0.25) is 5.02 Å². The molecule has 0 saturated heterocycles. The summed E-state index contributed by atoms with van der Waals surface area (Å²) in [6.07, 6.45) is 0. The van der Waals surface area contributed by atoms with Gasteiger partial charge in [-0.2, -0.15) is 0 Å². The molecule has 104 valence electrons. The van der Waals surface area contributed by atoms with Gasteiger partial charge in [-0.1, -0.05) is 11.6 Å². The third-order valence-electron chi connectivity index (χ3n) is 2.78. The maximum absolute atomic E-state index is 13.1. The zero-order valence-corrected chi connectivity index (χ0v) is 11.5. The highest BCUT2D eigenvalue weighted by Crippen LogP contribution is 2.20. The summed E-state index contributed by atoms with van der Waals surface area (Å²) >= 11 is 5.65. The molecule has 0 saturated carbocycles. The Morgan fingerprint density at radius 1 is 1.37 bits per heavy atom. The van der Waals surface area contributed by atoms with Gasteiger partial charge in [0.05, 0.1) is 0 Å². The molecule has 0 spiro atoms. The predicted molar refractivity (Wildman–Crippen MR) is 69.9 cm³/mol. The minimum Gasteiger partial charge on any atom is -0.480 e. The van der Waals surface area contributed by atoms with Gasteiger partial charge in [-0.05, 0) is 32.0 Å². The SMILES string of the molecule is CN(C(=O)Nc1cc(F)cc(Cl)c1)C(C)(C)C(=O)O. The van der Waals surface area contributed by atoms with Crippen molar-refractivity contribution in [1.82, 2.24) is 4.90 Å². The number of nitrogens with one attached hydrogen (secondary N) is 1. The molecule has 1 aromatic rings. The van der Waals surface area contributed by atoms with Crippen LogP contribution in [0, 0.1) is 5.82 Å². The molecule has 0 aliphatic rings. The van der Waals surface area contributed by atoms with E-state index in [-0.39, 0.29) is 10.7 Å². The van der Waals surface area contributed by atoms with E-state index in [1.54, 1.807) is 0 Å². The Morgan fingerprint density at radius 3 is 2.42 bits per heavy atom. The summed E-state index contributed by atoms with van der Waals surface area (Å²) in [4.78, 5) is 23.9. The average Bonchev–Trinajstić information content (AvgIpc) is 2.25. The molecular formula is C12H14ClFN2O3. The first kappa shape index (κ1) is 15.2. The Hall–Kier alpha value is -1.82. The van der Waals surface area contributed by atoms with Gasteiger partial charge in [0.25, 0.3) is 0 Å². The maximum Gasteiger partial charge on any atom is 0.329 e. The highest BCUT2D eigenvalue weighted by Gasteiger charge is 2.35. The number of aliphatic carboxylic acids is 1. The van der Waals surface area contributed by atoms with Crippen molar-refractivity contribution in [3.63, 3.8) is 0 Å². The van der Waals surface area contributed by atoms with Gasteiger partial charge >= 0.3 is 12.0 Å². The van der Waals surface area contributed by atoms with E-state index in [9.17, 15) is 14.0 Å². The largest absolute Gasteiger partial charge is 0.480 e. The molecule has 0 bridgehead atoms. The molecule has 0 fully saturated rings. The van der Waals surface area contributed by atoms with Gasteiger partial charge in [0.15, 0.2) is 0 Å². The number of urea groups is 1. The number of amides is 2. The summed E-state index contributed by atoms with van der Waals surface area (Å²) < 4.78 is 13.1. The Bertz CT molecular complexity index is 499. The molecule has 0 radical (unpaired) electrons. The molecular weight excluding hydrogens is 275 g/mol. The van der Waals surface area contributed by atoms with E-state index in [0.29, 0.717) is 0 Å². The molecule has 2 amide bonds. The number of hydrogen-bond acceptors (Lipinski definition) is 2. The number of nitrogens with zero attached hydrogens (tertiary/aromatic N) is 1. The van der Waals surface area contributed by atoms with Crippen molar-refractivity contribution in [3.05, 3.63) is 29.0 Å². The highest BCUT2D eigenvalue weighted by molar-refractivity contribution is 6.30. The molecule has 0 unspecified atom stereocenters. The Morgan fingerprint density at radius 2 is 1.95 bits per heavy atom. The number of carboxylic acids is 1. The van der Waals surface area contributed by atoms with Crippen LogP contribution in [-0.2, 0) is 4.79 Å². The first-order chi connectivity index (χ1) is 8.64. The monoisotopic (exact) mass is 288 g/mol. The molecule has 0 aromatic heterocycles. The molecule has 19 heavy (non-hydrogen) atoms. The van der Waals surface area contributed by atoms with Crippen LogP contribution < -0.4 is 5.32 Å². The third kappa shape index (κ3) is 3.57. The van der Waals surface area contributed by atoms with Gasteiger partial charge < -0.3 is 15.3 Å². The summed E-state index contributed by atoms with van der Waals surface area (Å²) in [5.41, 5.74) is -1.23. The van der Waals surface area contributed by atoms with Crippen molar-refractivity contribution < 1.29 is 19.1 Å². The molecule has 1 rings (SSSR count). The van der Waals surface area contributed by atoms with E-state index in [1.165, 1.54) is 27.0 Å². The summed E-state index contributed by atoms with van der Waals surface area (Å²) in [6.45, 7) is 2.76. The summed E-state index contributed by atoms with van der Waals surface area (Å²) in [5, 5.41) is 11.5.